The molecule has 0 bridgehead atoms. The van der Waals surface area contributed by atoms with Crippen LogP contribution in [0.3, 0.4) is 0 Å². The summed E-state index contributed by atoms with van der Waals surface area (Å²) in [6.07, 6.45) is 2.06. The Hall–Kier alpha value is -0.950. The van der Waals surface area contributed by atoms with Gasteiger partial charge in [-0.15, -0.1) is 0 Å². The lowest BCUT2D eigenvalue weighted by Gasteiger charge is -2.33. The van der Waals surface area contributed by atoms with Crippen LogP contribution in [0.2, 0.25) is 0 Å². The molecular formula is C16H25N3O2S. The molecule has 2 aliphatic heterocycles. The quantitative estimate of drug-likeness (QED) is 0.914. The highest BCUT2D eigenvalue weighted by Crippen LogP contribution is 2.30. The third kappa shape index (κ3) is 3.06. The Morgan fingerprint density at radius 1 is 1.09 bits per heavy atom. The summed E-state index contributed by atoms with van der Waals surface area (Å²) in [4.78, 5) is 0. The summed E-state index contributed by atoms with van der Waals surface area (Å²) >= 11 is 0. The van der Waals surface area contributed by atoms with Crippen molar-refractivity contribution < 1.29 is 8.42 Å². The standard InChI is InChI=1S/C16H25N3O2S/c1-13-6-5-9-18(10-13)22(20,21)19-11-15(16(17)12-19)14-7-3-2-4-8-14/h2-4,7-8,13,15-16H,5-6,9-12,17H2,1H3/t13?,15-,16+/m0/s1. The first-order chi connectivity index (χ1) is 10.5. The van der Waals surface area contributed by atoms with Crippen LogP contribution in [0.15, 0.2) is 30.3 Å². The number of nitrogens with zero attached hydrogens (tertiary/aromatic N) is 2. The van der Waals surface area contributed by atoms with E-state index in [1.165, 1.54) is 0 Å². The van der Waals surface area contributed by atoms with Crippen molar-refractivity contribution in [2.24, 2.45) is 11.7 Å². The topological polar surface area (TPSA) is 66.6 Å². The molecule has 3 atom stereocenters. The molecule has 0 aromatic heterocycles. The molecule has 0 radical (unpaired) electrons. The van der Waals surface area contributed by atoms with Gasteiger partial charge in [-0.1, -0.05) is 37.3 Å². The SMILES string of the molecule is CC1CCCN(S(=O)(=O)N2C[C@@H](N)[C@H](c3ccccc3)C2)C1. The van der Waals surface area contributed by atoms with Crippen molar-refractivity contribution in [3.8, 4) is 0 Å². The van der Waals surface area contributed by atoms with Gasteiger partial charge >= 0.3 is 0 Å². The molecule has 2 aliphatic rings. The van der Waals surface area contributed by atoms with Crippen LogP contribution >= 0.6 is 0 Å². The minimum Gasteiger partial charge on any atom is -0.326 e. The van der Waals surface area contributed by atoms with E-state index in [-0.39, 0.29) is 12.0 Å². The van der Waals surface area contributed by atoms with E-state index in [0.29, 0.717) is 32.1 Å². The fourth-order valence-electron chi connectivity index (χ4n) is 3.55. The zero-order valence-corrected chi connectivity index (χ0v) is 13.9. The fraction of sp³-hybridized carbons (Fsp3) is 0.625. The average molecular weight is 323 g/mol. The van der Waals surface area contributed by atoms with E-state index in [1.54, 1.807) is 8.61 Å². The smallest absolute Gasteiger partial charge is 0.282 e. The molecule has 3 rings (SSSR count). The molecule has 22 heavy (non-hydrogen) atoms. The first-order valence-electron chi connectivity index (χ1n) is 8.04. The summed E-state index contributed by atoms with van der Waals surface area (Å²) in [5.41, 5.74) is 7.36. The second-order valence-electron chi connectivity index (χ2n) is 6.61. The van der Waals surface area contributed by atoms with Crippen molar-refractivity contribution in [2.45, 2.75) is 31.7 Å². The Bertz CT molecular complexity index is 605. The number of benzene rings is 1. The van der Waals surface area contributed by atoms with Gasteiger partial charge < -0.3 is 5.73 Å². The second-order valence-corrected chi connectivity index (χ2v) is 8.54. The maximum absolute atomic E-state index is 12.9. The predicted octanol–water partition coefficient (Wildman–Crippen LogP) is 1.39. The molecule has 6 heteroatoms. The van der Waals surface area contributed by atoms with Gasteiger partial charge in [0.2, 0.25) is 0 Å². The molecule has 1 aromatic carbocycles. The molecular weight excluding hydrogens is 298 g/mol. The Morgan fingerprint density at radius 3 is 2.50 bits per heavy atom. The van der Waals surface area contributed by atoms with Crippen LogP contribution in [0.5, 0.6) is 0 Å². The van der Waals surface area contributed by atoms with E-state index in [4.69, 9.17) is 5.73 Å². The number of hydrogen-bond donors (Lipinski definition) is 1. The molecule has 2 heterocycles. The average Bonchev–Trinajstić information content (AvgIpc) is 2.91. The molecule has 0 saturated carbocycles. The van der Waals surface area contributed by atoms with Crippen molar-refractivity contribution in [3.05, 3.63) is 35.9 Å². The zero-order chi connectivity index (χ0) is 15.7. The Morgan fingerprint density at radius 2 is 1.82 bits per heavy atom. The van der Waals surface area contributed by atoms with Gasteiger partial charge in [0.1, 0.15) is 0 Å². The molecule has 0 amide bonds. The highest BCUT2D eigenvalue weighted by molar-refractivity contribution is 7.86. The lowest BCUT2D eigenvalue weighted by atomic mass is 9.95. The van der Waals surface area contributed by atoms with Crippen molar-refractivity contribution >= 4 is 10.2 Å². The molecule has 122 valence electrons. The van der Waals surface area contributed by atoms with Gasteiger partial charge in [-0.3, -0.25) is 0 Å². The highest BCUT2D eigenvalue weighted by atomic mass is 32.2. The van der Waals surface area contributed by atoms with Gasteiger partial charge in [0, 0.05) is 38.1 Å². The van der Waals surface area contributed by atoms with Crippen LogP contribution in [0, 0.1) is 5.92 Å². The molecule has 2 fully saturated rings. The number of rotatable bonds is 3. The van der Waals surface area contributed by atoms with Crippen molar-refractivity contribution in [1.82, 2.24) is 8.61 Å². The summed E-state index contributed by atoms with van der Waals surface area (Å²) in [7, 11) is -3.38. The van der Waals surface area contributed by atoms with E-state index in [1.807, 2.05) is 30.3 Å². The van der Waals surface area contributed by atoms with Crippen LogP contribution in [0.25, 0.3) is 0 Å². The van der Waals surface area contributed by atoms with Crippen LogP contribution < -0.4 is 5.73 Å². The minimum absolute atomic E-state index is 0.0817. The Kier molecular flexibility index (Phi) is 4.54. The van der Waals surface area contributed by atoms with Crippen molar-refractivity contribution in [1.29, 1.82) is 0 Å². The third-order valence-corrected chi connectivity index (χ3v) is 6.77. The lowest BCUT2D eigenvalue weighted by Crippen LogP contribution is -2.47. The Labute approximate surface area is 133 Å². The van der Waals surface area contributed by atoms with Gasteiger partial charge in [0.15, 0.2) is 0 Å². The van der Waals surface area contributed by atoms with E-state index in [0.717, 1.165) is 18.4 Å². The lowest BCUT2D eigenvalue weighted by molar-refractivity contribution is 0.263. The summed E-state index contributed by atoms with van der Waals surface area (Å²) in [5.74, 6) is 0.517. The largest absolute Gasteiger partial charge is 0.326 e. The maximum Gasteiger partial charge on any atom is 0.282 e. The van der Waals surface area contributed by atoms with E-state index >= 15 is 0 Å². The second kappa shape index (κ2) is 6.28. The highest BCUT2D eigenvalue weighted by Gasteiger charge is 2.41. The first kappa shape index (κ1) is 15.9. The van der Waals surface area contributed by atoms with Gasteiger partial charge in [0.25, 0.3) is 10.2 Å². The maximum atomic E-state index is 12.9. The normalized spacial score (nSPS) is 31.5. The van der Waals surface area contributed by atoms with Gasteiger partial charge in [-0.2, -0.15) is 17.0 Å². The van der Waals surface area contributed by atoms with Gasteiger partial charge in [0.05, 0.1) is 0 Å². The molecule has 1 unspecified atom stereocenters. The summed E-state index contributed by atoms with van der Waals surface area (Å²) < 4.78 is 28.9. The first-order valence-corrected chi connectivity index (χ1v) is 9.44. The van der Waals surface area contributed by atoms with Gasteiger partial charge in [-0.05, 0) is 24.3 Å². The summed E-state index contributed by atoms with van der Waals surface area (Å²) in [5, 5.41) is 0. The third-order valence-electron chi connectivity index (χ3n) is 4.83. The molecule has 2 saturated heterocycles. The minimum atomic E-state index is -3.38. The zero-order valence-electron chi connectivity index (χ0n) is 13.1. The fourth-order valence-corrected chi connectivity index (χ4v) is 5.39. The van der Waals surface area contributed by atoms with Crippen LogP contribution in [-0.2, 0) is 10.2 Å². The molecule has 0 aliphatic carbocycles. The van der Waals surface area contributed by atoms with Crippen molar-refractivity contribution in [3.63, 3.8) is 0 Å². The van der Waals surface area contributed by atoms with E-state index in [2.05, 4.69) is 6.92 Å². The van der Waals surface area contributed by atoms with Crippen LogP contribution in [0.1, 0.15) is 31.2 Å². The van der Waals surface area contributed by atoms with Crippen molar-refractivity contribution in [2.75, 3.05) is 26.2 Å². The van der Waals surface area contributed by atoms with E-state index in [9.17, 15) is 8.42 Å². The van der Waals surface area contributed by atoms with Crippen LogP contribution in [-0.4, -0.2) is 49.2 Å². The summed E-state index contributed by atoms with van der Waals surface area (Å²) in [6, 6.07) is 9.84. The van der Waals surface area contributed by atoms with Gasteiger partial charge in [-0.25, -0.2) is 0 Å². The monoisotopic (exact) mass is 323 g/mol. The predicted molar refractivity (Wildman–Crippen MR) is 87.6 cm³/mol. The number of hydrogen-bond acceptors (Lipinski definition) is 3. The number of nitrogens with two attached hydrogens (primary N) is 1. The molecule has 0 spiro atoms. The molecule has 2 N–H and O–H groups in total. The van der Waals surface area contributed by atoms with E-state index < -0.39 is 10.2 Å². The Balaban J connectivity index is 1.76. The molecule has 1 aromatic rings. The van der Waals surface area contributed by atoms with Crippen LogP contribution in [0.4, 0.5) is 0 Å². The summed E-state index contributed by atoms with van der Waals surface area (Å²) in [6.45, 7) is 4.27. The molecule has 5 nitrogen and oxygen atoms in total. The number of piperidine rings is 1.